The van der Waals surface area contributed by atoms with Crippen molar-refractivity contribution in [1.82, 2.24) is 15.3 Å². The molecule has 2 aromatic carbocycles. The molecule has 29 heavy (non-hydrogen) atoms. The lowest BCUT2D eigenvalue weighted by molar-refractivity contribution is -0.121. The van der Waals surface area contributed by atoms with Crippen LogP contribution in [0.1, 0.15) is 28.8 Å². The predicted octanol–water partition coefficient (Wildman–Crippen LogP) is 4.27. The number of nitrogens with one attached hydrogen (secondary N) is 2. The van der Waals surface area contributed by atoms with Crippen molar-refractivity contribution in [1.29, 1.82) is 0 Å². The zero-order chi connectivity index (χ0) is 20.6. The summed E-state index contributed by atoms with van der Waals surface area (Å²) in [5.74, 6) is 0.622. The molecule has 2 N–H and O–H groups in total. The number of benzene rings is 2. The standard InChI is InChI=1S/C22H22ClN3O2S/c1-15-19(11-12-20(27)24-13-16-7-9-18(23)10-8-16)21(28)26-22(25-15)29-14-17-5-3-2-4-6-17/h2-10H,11-14H2,1H3,(H,24,27)(H,25,26,28). The number of carbonyl (C=O) groups excluding carboxylic acids is 1. The van der Waals surface area contributed by atoms with E-state index in [0.717, 1.165) is 11.3 Å². The molecule has 3 rings (SSSR count). The minimum Gasteiger partial charge on any atom is -0.352 e. The van der Waals surface area contributed by atoms with Crippen LogP contribution in [0.5, 0.6) is 0 Å². The van der Waals surface area contributed by atoms with E-state index < -0.39 is 0 Å². The summed E-state index contributed by atoms with van der Waals surface area (Å²) >= 11 is 7.34. The first kappa shape index (κ1) is 21.1. The molecule has 150 valence electrons. The minimum atomic E-state index is -0.182. The van der Waals surface area contributed by atoms with Gasteiger partial charge in [-0.15, -0.1) is 0 Å². The Labute approximate surface area is 178 Å². The van der Waals surface area contributed by atoms with Crippen LogP contribution in [0, 0.1) is 6.92 Å². The van der Waals surface area contributed by atoms with E-state index in [-0.39, 0.29) is 17.9 Å². The summed E-state index contributed by atoms with van der Waals surface area (Å²) in [7, 11) is 0. The summed E-state index contributed by atoms with van der Waals surface area (Å²) in [5.41, 5.74) is 3.17. The number of amides is 1. The lowest BCUT2D eigenvalue weighted by Crippen LogP contribution is -2.25. The van der Waals surface area contributed by atoms with E-state index >= 15 is 0 Å². The van der Waals surface area contributed by atoms with Crippen LogP contribution in [-0.2, 0) is 23.5 Å². The number of hydrogen-bond acceptors (Lipinski definition) is 4. The number of carbonyl (C=O) groups is 1. The molecule has 0 aliphatic rings. The third-order valence-corrected chi connectivity index (χ3v) is 5.62. The maximum atomic E-state index is 12.4. The van der Waals surface area contributed by atoms with Crippen molar-refractivity contribution >= 4 is 29.3 Å². The highest BCUT2D eigenvalue weighted by Gasteiger charge is 2.11. The van der Waals surface area contributed by atoms with Gasteiger partial charge in [0.15, 0.2) is 5.16 Å². The Kier molecular flexibility index (Phi) is 7.49. The second-order valence-electron chi connectivity index (χ2n) is 6.61. The van der Waals surface area contributed by atoms with Crippen LogP contribution in [0.3, 0.4) is 0 Å². The Morgan fingerprint density at radius 2 is 1.83 bits per heavy atom. The predicted molar refractivity (Wildman–Crippen MR) is 117 cm³/mol. The molecule has 0 saturated heterocycles. The number of thioether (sulfide) groups is 1. The zero-order valence-electron chi connectivity index (χ0n) is 16.1. The highest BCUT2D eigenvalue weighted by molar-refractivity contribution is 7.98. The number of hydrogen-bond donors (Lipinski definition) is 2. The molecule has 0 spiro atoms. The van der Waals surface area contributed by atoms with Crippen LogP contribution in [0.25, 0.3) is 0 Å². The fraction of sp³-hybridized carbons (Fsp3) is 0.227. The summed E-state index contributed by atoms with van der Waals surface area (Å²) < 4.78 is 0. The van der Waals surface area contributed by atoms with Crippen LogP contribution >= 0.6 is 23.4 Å². The van der Waals surface area contributed by atoms with Gasteiger partial charge in [-0.3, -0.25) is 9.59 Å². The molecule has 0 aliphatic heterocycles. The summed E-state index contributed by atoms with van der Waals surface area (Å²) in [5, 5.41) is 4.11. The fourth-order valence-corrected chi connectivity index (χ4v) is 3.79. The van der Waals surface area contributed by atoms with E-state index in [1.165, 1.54) is 17.3 Å². The molecule has 3 aromatic rings. The fourth-order valence-electron chi connectivity index (χ4n) is 2.80. The number of H-pyrrole nitrogens is 1. The molecule has 0 atom stereocenters. The summed E-state index contributed by atoms with van der Waals surface area (Å²) in [4.78, 5) is 31.9. The SMILES string of the molecule is Cc1nc(SCc2ccccc2)[nH]c(=O)c1CCC(=O)NCc1ccc(Cl)cc1. The molecular weight excluding hydrogens is 406 g/mol. The molecule has 0 saturated carbocycles. The van der Waals surface area contributed by atoms with Gasteiger partial charge in [0.2, 0.25) is 5.91 Å². The van der Waals surface area contributed by atoms with E-state index in [0.29, 0.717) is 34.4 Å². The second-order valence-corrected chi connectivity index (χ2v) is 8.01. The Balaban J connectivity index is 1.53. The van der Waals surface area contributed by atoms with E-state index in [2.05, 4.69) is 15.3 Å². The van der Waals surface area contributed by atoms with Crippen LogP contribution in [-0.4, -0.2) is 15.9 Å². The van der Waals surface area contributed by atoms with Gasteiger partial charge in [0.25, 0.3) is 5.56 Å². The first-order chi connectivity index (χ1) is 14.0. The van der Waals surface area contributed by atoms with Crippen molar-refractivity contribution in [2.24, 2.45) is 0 Å². The van der Waals surface area contributed by atoms with E-state index in [9.17, 15) is 9.59 Å². The number of aryl methyl sites for hydroxylation is 1. The van der Waals surface area contributed by atoms with Gasteiger partial charge in [0, 0.05) is 35.0 Å². The molecule has 0 radical (unpaired) electrons. The van der Waals surface area contributed by atoms with Crippen LogP contribution < -0.4 is 10.9 Å². The van der Waals surface area contributed by atoms with Gasteiger partial charge >= 0.3 is 0 Å². The molecule has 7 heteroatoms. The summed E-state index contributed by atoms with van der Waals surface area (Å²) in [6.45, 7) is 2.24. The Bertz CT molecular complexity index is 1020. The summed E-state index contributed by atoms with van der Waals surface area (Å²) in [6, 6.07) is 17.3. The maximum absolute atomic E-state index is 12.4. The van der Waals surface area contributed by atoms with Gasteiger partial charge in [-0.1, -0.05) is 65.8 Å². The Hall–Kier alpha value is -2.57. The minimum absolute atomic E-state index is 0.110. The first-order valence-corrected chi connectivity index (χ1v) is 10.7. The van der Waals surface area contributed by atoms with Crippen LogP contribution in [0.4, 0.5) is 0 Å². The highest BCUT2D eigenvalue weighted by atomic mass is 35.5. The van der Waals surface area contributed by atoms with Crippen molar-refractivity contribution in [3.63, 3.8) is 0 Å². The van der Waals surface area contributed by atoms with Crippen LogP contribution in [0.2, 0.25) is 5.02 Å². The maximum Gasteiger partial charge on any atom is 0.254 e. The summed E-state index contributed by atoms with van der Waals surface area (Å²) in [6.07, 6.45) is 0.583. The monoisotopic (exact) mass is 427 g/mol. The van der Waals surface area contributed by atoms with Gasteiger partial charge in [0.1, 0.15) is 0 Å². The number of rotatable bonds is 8. The first-order valence-electron chi connectivity index (χ1n) is 9.29. The van der Waals surface area contributed by atoms with E-state index in [1.807, 2.05) is 49.4 Å². The average molecular weight is 428 g/mol. The lowest BCUT2D eigenvalue weighted by Gasteiger charge is -2.08. The van der Waals surface area contributed by atoms with Gasteiger partial charge in [-0.25, -0.2) is 4.98 Å². The van der Waals surface area contributed by atoms with E-state index in [4.69, 9.17) is 11.6 Å². The lowest BCUT2D eigenvalue weighted by atomic mass is 10.1. The molecule has 5 nitrogen and oxygen atoms in total. The number of aromatic nitrogens is 2. The molecule has 0 aliphatic carbocycles. The number of nitrogens with zero attached hydrogens (tertiary/aromatic N) is 1. The third kappa shape index (κ3) is 6.48. The van der Waals surface area contributed by atoms with Gasteiger partial charge in [-0.05, 0) is 36.6 Å². The largest absolute Gasteiger partial charge is 0.352 e. The molecular formula is C22H22ClN3O2S. The molecule has 1 amide bonds. The Morgan fingerprint density at radius 1 is 1.10 bits per heavy atom. The quantitative estimate of drug-likeness (QED) is 0.415. The average Bonchev–Trinajstić information content (AvgIpc) is 2.72. The molecule has 1 aromatic heterocycles. The van der Waals surface area contributed by atoms with Gasteiger partial charge in [0.05, 0.1) is 0 Å². The number of halogens is 1. The second kappa shape index (κ2) is 10.3. The molecule has 0 bridgehead atoms. The van der Waals surface area contributed by atoms with Crippen molar-refractivity contribution < 1.29 is 4.79 Å². The zero-order valence-corrected chi connectivity index (χ0v) is 17.6. The smallest absolute Gasteiger partial charge is 0.254 e. The van der Waals surface area contributed by atoms with Gasteiger partial charge < -0.3 is 10.3 Å². The van der Waals surface area contributed by atoms with Gasteiger partial charge in [-0.2, -0.15) is 0 Å². The molecule has 1 heterocycles. The molecule has 0 unspecified atom stereocenters. The highest BCUT2D eigenvalue weighted by Crippen LogP contribution is 2.19. The van der Waals surface area contributed by atoms with Crippen molar-refractivity contribution in [2.75, 3.05) is 0 Å². The number of aromatic amines is 1. The normalized spacial score (nSPS) is 10.7. The van der Waals surface area contributed by atoms with Crippen molar-refractivity contribution in [3.05, 3.63) is 92.4 Å². The van der Waals surface area contributed by atoms with Crippen LogP contribution in [0.15, 0.2) is 64.5 Å². The topological polar surface area (TPSA) is 74.8 Å². The Morgan fingerprint density at radius 3 is 2.52 bits per heavy atom. The third-order valence-electron chi connectivity index (χ3n) is 4.42. The van der Waals surface area contributed by atoms with E-state index in [1.54, 1.807) is 12.1 Å². The molecule has 0 fully saturated rings. The van der Waals surface area contributed by atoms with Crippen molar-refractivity contribution in [3.8, 4) is 0 Å². The van der Waals surface area contributed by atoms with Crippen molar-refractivity contribution in [2.45, 2.75) is 37.2 Å².